The second kappa shape index (κ2) is 7.90. The zero-order valence-corrected chi connectivity index (χ0v) is 18.2. The van der Waals surface area contributed by atoms with E-state index in [1.54, 1.807) is 13.0 Å². The molecule has 1 saturated heterocycles. The molecule has 1 aliphatic rings. The first-order valence-electron chi connectivity index (χ1n) is 8.56. The third-order valence-electron chi connectivity index (χ3n) is 4.63. The molecule has 1 fully saturated rings. The molecule has 0 aliphatic carbocycles. The Morgan fingerprint density at radius 3 is 2.59 bits per heavy atom. The largest absolute Gasteiger partial charge is 0.349 e. The minimum atomic E-state index is -3.74. The van der Waals surface area contributed by atoms with Crippen molar-refractivity contribution in [1.29, 1.82) is 0 Å². The van der Waals surface area contributed by atoms with Gasteiger partial charge in [0.1, 0.15) is 6.04 Å². The van der Waals surface area contributed by atoms with Crippen LogP contribution in [0.25, 0.3) is 0 Å². The Labute approximate surface area is 168 Å². The van der Waals surface area contributed by atoms with Crippen molar-refractivity contribution in [3.8, 4) is 0 Å². The van der Waals surface area contributed by atoms with Gasteiger partial charge in [-0.3, -0.25) is 4.79 Å². The van der Waals surface area contributed by atoms with Gasteiger partial charge in [-0.1, -0.05) is 6.07 Å². The van der Waals surface area contributed by atoms with Crippen LogP contribution >= 0.6 is 23.1 Å². The van der Waals surface area contributed by atoms with Gasteiger partial charge in [-0.05, 0) is 50.5 Å². The summed E-state index contributed by atoms with van der Waals surface area (Å²) in [6.07, 6.45) is 0. The predicted octanol–water partition coefficient (Wildman–Crippen LogP) is 2.76. The molecule has 0 unspecified atom stereocenters. The smallest absolute Gasteiger partial charge is 0.244 e. The number of hydrogen-bond acceptors (Lipinski definition) is 6. The van der Waals surface area contributed by atoms with E-state index in [0.717, 1.165) is 21.8 Å². The van der Waals surface area contributed by atoms with E-state index >= 15 is 0 Å². The monoisotopic (exact) mass is 425 g/mol. The van der Waals surface area contributed by atoms with Crippen LogP contribution in [0.2, 0.25) is 0 Å². The highest BCUT2D eigenvalue weighted by molar-refractivity contribution is 8.00. The number of amides is 1. The number of nitrogens with one attached hydrogen (secondary N) is 1. The first-order valence-corrected chi connectivity index (χ1v) is 12.0. The molecule has 0 bridgehead atoms. The second-order valence-electron chi connectivity index (χ2n) is 6.69. The van der Waals surface area contributed by atoms with Crippen molar-refractivity contribution in [2.75, 3.05) is 11.6 Å². The van der Waals surface area contributed by atoms with E-state index in [-0.39, 0.29) is 16.7 Å². The van der Waals surface area contributed by atoms with E-state index < -0.39 is 16.1 Å². The first kappa shape index (κ1) is 20.3. The Morgan fingerprint density at radius 1 is 1.22 bits per heavy atom. The molecule has 1 atom stereocenters. The molecule has 0 saturated carbocycles. The van der Waals surface area contributed by atoms with Gasteiger partial charge >= 0.3 is 0 Å². The van der Waals surface area contributed by atoms with Crippen molar-refractivity contribution < 1.29 is 13.2 Å². The fourth-order valence-corrected chi connectivity index (χ4v) is 7.05. The van der Waals surface area contributed by atoms with Gasteiger partial charge in [0.25, 0.3) is 0 Å². The molecule has 9 heteroatoms. The van der Waals surface area contributed by atoms with E-state index in [0.29, 0.717) is 17.9 Å². The molecule has 1 aromatic carbocycles. The number of aromatic nitrogens is 1. The molecular formula is C18H23N3O3S3. The topological polar surface area (TPSA) is 79.4 Å². The highest BCUT2D eigenvalue weighted by atomic mass is 32.2. The number of carbonyl (C=O) groups excluding carboxylic acids is 1. The van der Waals surface area contributed by atoms with Gasteiger partial charge in [0.15, 0.2) is 0 Å². The van der Waals surface area contributed by atoms with E-state index in [1.807, 2.05) is 32.2 Å². The van der Waals surface area contributed by atoms with Crippen LogP contribution in [-0.2, 0) is 21.4 Å². The molecule has 1 amide bonds. The Morgan fingerprint density at radius 2 is 1.93 bits per heavy atom. The normalized spacial score (nSPS) is 18.0. The van der Waals surface area contributed by atoms with Crippen LogP contribution in [0, 0.1) is 27.7 Å². The number of carbonyl (C=O) groups is 1. The summed E-state index contributed by atoms with van der Waals surface area (Å²) >= 11 is 2.97. The predicted molar refractivity (Wildman–Crippen MR) is 109 cm³/mol. The fraction of sp³-hybridized carbons (Fsp3) is 0.444. The molecule has 146 valence electrons. The van der Waals surface area contributed by atoms with E-state index in [2.05, 4.69) is 10.3 Å². The third kappa shape index (κ3) is 4.21. The van der Waals surface area contributed by atoms with Crippen molar-refractivity contribution >= 4 is 39.0 Å². The van der Waals surface area contributed by atoms with E-state index in [4.69, 9.17) is 0 Å². The number of hydrogen-bond donors (Lipinski definition) is 1. The van der Waals surface area contributed by atoms with Crippen LogP contribution in [-0.4, -0.2) is 41.3 Å². The number of sulfonamides is 1. The van der Waals surface area contributed by atoms with Crippen LogP contribution in [0.15, 0.2) is 22.4 Å². The summed E-state index contributed by atoms with van der Waals surface area (Å²) in [6.45, 7) is 7.86. The summed E-state index contributed by atoms with van der Waals surface area (Å²) in [7, 11) is -3.74. The summed E-state index contributed by atoms with van der Waals surface area (Å²) in [6, 6.07) is 2.88. The summed E-state index contributed by atoms with van der Waals surface area (Å²) in [5.41, 5.74) is 3.46. The SMILES string of the molecule is Cc1nc(CNC(=O)[C@H]2CSCN2S(=O)(=O)c2cc(C)c(C)cc2C)cs1. The third-order valence-corrected chi connectivity index (χ3v) is 8.63. The van der Waals surface area contributed by atoms with Crippen LogP contribution in [0.4, 0.5) is 0 Å². The van der Waals surface area contributed by atoms with Crippen molar-refractivity contribution in [1.82, 2.24) is 14.6 Å². The Balaban J connectivity index is 1.80. The molecule has 6 nitrogen and oxygen atoms in total. The standard InChI is InChI=1S/C18H23N3O3S3/c1-11-5-13(3)17(6-12(11)2)27(23,24)21-10-25-9-16(21)18(22)19-7-15-8-26-14(4)20-15/h5-6,8,16H,7,9-10H2,1-4H3,(H,19,22)/t16-/m1/s1. The summed E-state index contributed by atoms with van der Waals surface area (Å²) in [4.78, 5) is 17.3. The van der Waals surface area contributed by atoms with Crippen LogP contribution < -0.4 is 5.32 Å². The summed E-state index contributed by atoms with van der Waals surface area (Å²) in [5.74, 6) is 0.448. The number of rotatable bonds is 5. The van der Waals surface area contributed by atoms with Crippen LogP contribution in [0.3, 0.4) is 0 Å². The molecule has 3 rings (SSSR count). The van der Waals surface area contributed by atoms with Crippen LogP contribution in [0.1, 0.15) is 27.4 Å². The minimum Gasteiger partial charge on any atom is -0.349 e. The van der Waals surface area contributed by atoms with Gasteiger partial charge in [0, 0.05) is 11.1 Å². The molecule has 1 aromatic heterocycles. The van der Waals surface area contributed by atoms with Gasteiger partial charge in [-0.2, -0.15) is 4.31 Å². The number of thioether (sulfide) groups is 1. The van der Waals surface area contributed by atoms with E-state index in [9.17, 15) is 13.2 Å². The molecule has 2 aromatic rings. The lowest BCUT2D eigenvalue weighted by atomic mass is 10.1. The lowest BCUT2D eigenvalue weighted by Crippen LogP contribution is -2.47. The van der Waals surface area contributed by atoms with Crippen molar-refractivity contribution in [3.05, 3.63) is 44.9 Å². The lowest BCUT2D eigenvalue weighted by Gasteiger charge is -2.23. The van der Waals surface area contributed by atoms with E-state index in [1.165, 1.54) is 27.4 Å². The zero-order chi connectivity index (χ0) is 19.8. The Kier molecular flexibility index (Phi) is 5.95. The van der Waals surface area contributed by atoms with Gasteiger partial charge < -0.3 is 5.32 Å². The molecule has 1 N–H and O–H groups in total. The van der Waals surface area contributed by atoms with Gasteiger partial charge in [-0.25, -0.2) is 13.4 Å². The molecule has 0 radical (unpaired) electrons. The van der Waals surface area contributed by atoms with Crippen molar-refractivity contribution in [2.45, 2.75) is 45.2 Å². The molecule has 2 heterocycles. The average Bonchev–Trinajstić information content (AvgIpc) is 3.25. The molecule has 1 aliphatic heterocycles. The number of nitrogens with zero attached hydrogens (tertiary/aromatic N) is 2. The Bertz CT molecular complexity index is 969. The maximum absolute atomic E-state index is 13.2. The van der Waals surface area contributed by atoms with Gasteiger partial charge in [0.2, 0.25) is 15.9 Å². The highest BCUT2D eigenvalue weighted by Crippen LogP contribution is 2.31. The number of aryl methyl sites for hydroxylation is 4. The zero-order valence-electron chi connectivity index (χ0n) is 15.8. The first-order chi connectivity index (χ1) is 12.7. The van der Waals surface area contributed by atoms with Gasteiger partial charge in [0.05, 0.1) is 28.0 Å². The molecular weight excluding hydrogens is 402 g/mol. The average molecular weight is 426 g/mol. The second-order valence-corrected chi connectivity index (χ2v) is 10.6. The number of benzene rings is 1. The maximum atomic E-state index is 13.2. The highest BCUT2D eigenvalue weighted by Gasteiger charge is 2.40. The molecule has 0 spiro atoms. The number of thiazole rings is 1. The summed E-state index contributed by atoms with van der Waals surface area (Å²) < 4.78 is 27.8. The fourth-order valence-electron chi connectivity index (χ4n) is 2.99. The lowest BCUT2D eigenvalue weighted by molar-refractivity contribution is -0.124. The minimum absolute atomic E-state index is 0.279. The molecule has 27 heavy (non-hydrogen) atoms. The van der Waals surface area contributed by atoms with Crippen LogP contribution in [0.5, 0.6) is 0 Å². The Hall–Kier alpha value is -1.42. The quantitative estimate of drug-likeness (QED) is 0.797. The van der Waals surface area contributed by atoms with Gasteiger partial charge in [-0.15, -0.1) is 23.1 Å². The van der Waals surface area contributed by atoms with Crippen molar-refractivity contribution in [3.63, 3.8) is 0 Å². The summed E-state index contributed by atoms with van der Waals surface area (Å²) in [5, 5.41) is 5.66. The van der Waals surface area contributed by atoms with Crippen molar-refractivity contribution in [2.24, 2.45) is 0 Å². The maximum Gasteiger partial charge on any atom is 0.244 e.